The Kier molecular flexibility index (Phi) is 4.39. The molecule has 0 aliphatic heterocycles. The number of halogens is 2. The highest BCUT2D eigenvalue weighted by Crippen LogP contribution is 2.20. The van der Waals surface area contributed by atoms with Gasteiger partial charge in [-0.3, -0.25) is 4.98 Å². The van der Waals surface area contributed by atoms with Crippen molar-refractivity contribution in [2.45, 2.75) is 6.61 Å². The zero-order valence-corrected chi connectivity index (χ0v) is 12.1. The molecular weight excluding hydrogens is 332 g/mol. The van der Waals surface area contributed by atoms with Crippen molar-refractivity contribution >= 4 is 39.2 Å². The number of aromatic nitrogens is 1. The topological polar surface area (TPSA) is 65.2 Å². The Balaban J connectivity index is 2.03. The van der Waals surface area contributed by atoms with Crippen molar-refractivity contribution < 1.29 is 9.53 Å². The number of benzene rings is 1. The minimum absolute atomic E-state index is 0.147. The van der Waals surface area contributed by atoms with Gasteiger partial charge in [0.15, 0.2) is 0 Å². The lowest BCUT2D eigenvalue weighted by molar-refractivity contribution is 0.0472. The van der Waals surface area contributed by atoms with Crippen LogP contribution in [0.2, 0.25) is 5.02 Å². The minimum atomic E-state index is -0.455. The van der Waals surface area contributed by atoms with Gasteiger partial charge in [-0.2, -0.15) is 0 Å². The van der Waals surface area contributed by atoms with Gasteiger partial charge in [-0.15, -0.1) is 0 Å². The Hall–Kier alpha value is -1.59. The van der Waals surface area contributed by atoms with Gasteiger partial charge < -0.3 is 10.5 Å². The maximum absolute atomic E-state index is 11.8. The number of carbonyl (C=O) groups excluding carboxylic acids is 1. The molecule has 0 unspecified atom stereocenters. The Morgan fingerprint density at radius 3 is 2.84 bits per heavy atom. The normalized spacial score (nSPS) is 10.2. The van der Waals surface area contributed by atoms with Crippen LogP contribution in [0.25, 0.3) is 0 Å². The largest absolute Gasteiger partial charge is 0.457 e. The maximum atomic E-state index is 11.8. The molecule has 2 N–H and O–H groups in total. The van der Waals surface area contributed by atoms with E-state index in [9.17, 15) is 4.79 Å². The average molecular weight is 342 g/mol. The van der Waals surface area contributed by atoms with E-state index < -0.39 is 5.97 Å². The molecule has 0 atom stereocenters. The van der Waals surface area contributed by atoms with E-state index in [1.807, 2.05) is 6.07 Å². The van der Waals surface area contributed by atoms with E-state index in [2.05, 4.69) is 20.9 Å². The second kappa shape index (κ2) is 6.04. The first-order chi connectivity index (χ1) is 9.06. The smallest absolute Gasteiger partial charge is 0.338 e. The third kappa shape index (κ3) is 3.68. The van der Waals surface area contributed by atoms with E-state index in [0.29, 0.717) is 16.3 Å². The van der Waals surface area contributed by atoms with Gasteiger partial charge >= 0.3 is 5.97 Å². The van der Waals surface area contributed by atoms with Crippen molar-refractivity contribution in [2.24, 2.45) is 0 Å². The van der Waals surface area contributed by atoms with Crippen LogP contribution in [-0.2, 0) is 11.3 Å². The van der Waals surface area contributed by atoms with E-state index in [1.54, 1.807) is 24.5 Å². The molecule has 19 heavy (non-hydrogen) atoms. The monoisotopic (exact) mass is 340 g/mol. The van der Waals surface area contributed by atoms with E-state index in [-0.39, 0.29) is 6.61 Å². The highest BCUT2D eigenvalue weighted by Gasteiger charge is 2.09. The number of nitrogens with zero attached hydrogens (tertiary/aromatic N) is 1. The van der Waals surface area contributed by atoms with E-state index >= 15 is 0 Å². The summed E-state index contributed by atoms with van der Waals surface area (Å²) in [6.45, 7) is 0.147. The number of nitrogen functional groups attached to an aromatic ring is 1. The molecule has 1 aromatic heterocycles. The van der Waals surface area contributed by atoms with Crippen LogP contribution in [0, 0.1) is 0 Å². The highest BCUT2D eigenvalue weighted by molar-refractivity contribution is 9.10. The third-order valence-corrected chi connectivity index (χ3v) is 3.14. The minimum Gasteiger partial charge on any atom is -0.457 e. The van der Waals surface area contributed by atoms with Crippen LogP contribution in [0.1, 0.15) is 15.9 Å². The molecular formula is C13H10BrClN2O2. The van der Waals surface area contributed by atoms with Crippen molar-refractivity contribution in [1.82, 2.24) is 4.98 Å². The Bertz CT molecular complexity index is 619. The lowest BCUT2D eigenvalue weighted by Crippen LogP contribution is -2.06. The number of rotatable bonds is 3. The Labute approximate surface area is 123 Å². The van der Waals surface area contributed by atoms with Crippen molar-refractivity contribution in [2.75, 3.05) is 5.73 Å². The van der Waals surface area contributed by atoms with Gasteiger partial charge in [0, 0.05) is 22.4 Å². The second-order valence-corrected chi connectivity index (χ2v) is 5.15. The number of hydrogen-bond acceptors (Lipinski definition) is 4. The van der Waals surface area contributed by atoms with Gasteiger partial charge in [-0.1, -0.05) is 11.6 Å². The summed E-state index contributed by atoms with van der Waals surface area (Å²) in [5.41, 5.74) is 7.14. The first kappa shape index (κ1) is 13.8. The number of pyridine rings is 1. The lowest BCUT2D eigenvalue weighted by Gasteiger charge is -2.06. The number of hydrogen-bond donors (Lipinski definition) is 1. The SMILES string of the molecule is Nc1cc(C(=O)OCc2cncc(Br)c2)ccc1Cl. The highest BCUT2D eigenvalue weighted by atomic mass is 79.9. The number of ether oxygens (including phenoxy) is 1. The average Bonchev–Trinajstić information content (AvgIpc) is 2.39. The molecule has 2 aromatic rings. The molecule has 6 heteroatoms. The van der Waals surface area contributed by atoms with Crippen LogP contribution < -0.4 is 5.73 Å². The molecule has 0 radical (unpaired) electrons. The summed E-state index contributed by atoms with van der Waals surface area (Å²) in [7, 11) is 0. The van der Waals surface area contributed by atoms with Gasteiger partial charge in [-0.05, 0) is 40.2 Å². The van der Waals surface area contributed by atoms with Gasteiger partial charge in [0.2, 0.25) is 0 Å². The first-order valence-corrected chi connectivity index (χ1v) is 6.55. The number of anilines is 1. The number of esters is 1. The summed E-state index contributed by atoms with van der Waals surface area (Å²) in [5, 5.41) is 0.410. The molecule has 0 aliphatic carbocycles. The molecule has 1 heterocycles. The fourth-order valence-corrected chi connectivity index (χ4v) is 1.97. The summed E-state index contributed by atoms with van der Waals surface area (Å²) in [4.78, 5) is 15.8. The van der Waals surface area contributed by atoms with Crippen LogP contribution in [0.15, 0.2) is 41.1 Å². The standard InChI is InChI=1S/C13H10BrClN2O2/c14-10-3-8(5-17-6-10)7-19-13(18)9-1-2-11(15)12(16)4-9/h1-6H,7,16H2. The zero-order valence-electron chi connectivity index (χ0n) is 9.77. The quantitative estimate of drug-likeness (QED) is 0.686. The fourth-order valence-electron chi connectivity index (χ4n) is 1.44. The summed E-state index contributed by atoms with van der Waals surface area (Å²) in [5.74, 6) is -0.455. The summed E-state index contributed by atoms with van der Waals surface area (Å²) in [6, 6.07) is 6.45. The predicted octanol–water partition coefficient (Wildman–Crippen LogP) is 3.44. The molecule has 0 aliphatic rings. The van der Waals surface area contributed by atoms with Crippen LogP contribution in [0.4, 0.5) is 5.69 Å². The molecule has 4 nitrogen and oxygen atoms in total. The second-order valence-electron chi connectivity index (χ2n) is 3.82. The van der Waals surface area contributed by atoms with Crippen molar-refractivity contribution in [1.29, 1.82) is 0 Å². The van der Waals surface area contributed by atoms with Gasteiger partial charge in [-0.25, -0.2) is 4.79 Å². The molecule has 2 rings (SSSR count). The Morgan fingerprint density at radius 1 is 1.37 bits per heavy atom. The van der Waals surface area contributed by atoms with Crippen molar-refractivity contribution in [3.05, 3.63) is 57.3 Å². The van der Waals surface area contributed by atoms with Crippen molar-refractivity contribution in [3.63, 3.8) is 0 Å². The van der Waals surface area contributed by atoms with Gasteiger partial charge in [0.25, 0.3) is 0 Å². The van der Waals surface area contributed by atoms with Gasteiger partial charge in [0.05, 0.1) is 16.3 Å². The third-order valence-electron chi connectivity index (χ3n) is 2.36. The molecule has 0 fully saturated rings. The molecule has 0 bridgehead atoms. The van der Waals surface area contributed by atoms with Gasteiger partial charge in [0.1, 0.15) is 6.61 Å². The van der Waals surface area contributed by atoms with Crippen LogP contribution in [0.3, 0.4) is 0 Å². The van der Waals surface area contributed by atoms with Crippen LogP contribution >= 0.6 is 27.5 Å². The summed E-state index contributed by atoms with van der Waals surface area (Å²) < 4.78 is 6.00. The van der Waals surface area contributed by atoms with Crippen LogP contribution in [0.5, 0.6) is 0 Å². The van der Waals surface area contributed by atoms with Crippen molar-refractivity contribution in [3.8, 4) is 0 Å². The molecule has 0 saturated carbocycles. The molecule has 1 aromatic carbocycles. The summed E-state index contributed by atoms with van der Waals surface area (Å²) in [6.07, 6.45) is 3.29. The lowest BCUT2D eigenvalue weighted by atomic mass is 10.2. The van der Waals surface area contributed by atoms with E-state index in [4.69, 9.17) is 22.1 Å². The molecule has 0 amide bonds. The Morgan fingerprint density at radius 2 is 2.16 bits per heavy atom. The predicted molar refractivity (Wildman–Crippen MR) is 76.9 cm³/mol. The van der Waals surface area contributed by atoms with Crippen LogP contribution in [-0.4, -0.2) is 11.0 Å². The molecule has 0 spiro atoms. The molecule has 0 saturated heterocycles. The molecule has 98 valence electrons. The fraction of sp³-hybridized carbons (Fsp3) is 0.0769. The summed E-state index contributed by atoms with van der Waals surface area (Å²) >= 11 is 9.08. The zero-order chi connectivity index (χ0) is 13.8. The number of carbonyl (C=O) groups is 1. The number of nitrogens with two attached hydrogens (primary N) is 1. The maximum Gasteiger partial charge on any atom is 0.338 e. The first-order valence-electron chi connectivity index (χ1n) is 5.38. The van der Waals surface area contributed by atoms with E-state index in [0.717, 1.165) is 10.0 Å². The van der Waals surface area contributed by atoms with E-state index in [1.165, 1.54) is 6.07 Å².